The van der Waals surface area contributed by atoms with E-state index < -0.39 is 0 Å². The molecule has 3 N–H and O–H groups in total. The number of rotatable bonds is 8. The van der Waals surface area contributed by atoms with Crippen LogP contribution in [0.2, 0.25) is 0 Å². The minimum Gasteiger partial charge on any atom is -0.492 e. The fourth-order valence-corrected chi connectivity index (χ4v) is 5.20. The monoisotopic (exact) mass is 582 g/mol. The molecule has 1 aliphatic heterocycles. The number of hydrogen-bond acceptors (Lipinski definition) is 5. The number of urea groups is 1. The highest BCUT2D eigenvalue weighted by molar-refractivity contribution is 5.91. The number of piperazine rings is 1. The zero-order chi connectivity index (χ0) is 30.6. The van der Waals surface area contributed by atoms with Crippen LogP contribution in [-0.2, 0) is 5.41 Å². The molecule has 5 rings (SSSR count). The number of carbonyl (C=O) groups is 1. The molecule has 1 aliphatic rings. The Morgan fingerprint density at radius 2 is 1.60 bits per heavy atom. The van der Waals surface area contributed by atoms with Crippen molar-refractivity contribution < 1.29 is 9.53 Å². The van der Waals surface area contributed by atoms with Crippen LogP contribution in [0.15, 0.2) is 66.7 Å². The molecule has 0 saturated carbocycles. The molecule has 0 atom stereocenters. The molecule has 0 radical (unpaired) electrons. The fraction of sp³-hybridized carbons (Fsp3) is 0.429. The van der Waals surface area contributed by atoms with Gasteiger partial charge in [0, 0.05) is 50.5 Å². The van der Waals surface area contributed by atoms with Crippen molar-refractivity contribution in [2.75, 3.05) is 56.1 Å². The summed E-state index contributed by atoms with van der Waals surface area (Å²) in [6, 6.07) is 22.5. The number of anilines is 2. The number of aromatic amines is 1. The molecule has 0 unspecified atom stereocenters. The average molecular weight is 583 g/mol. The van der Waals surface area contributed by atoms with E-state index in [9.17, 15) is 4.79 Å². The highest BCUT2D eigenvalue weighted by atomic mass is 16.5. The third kappa shape index (κ3) is 8.08. The average Bonchev–Trinajstić information content (AvgIpc) is 3.42. The second kappa shape index (κ2) is 12.7. The number of amides is 2. The molecule has 228 valence electrons. The summed E-state index contributed by atoms with van der Waals surface area (Å²) in [5.41, 5.74) is 6.61. The smallest absolute Gasteiger partial charge is 0.319 e. The molecular weight excluding hydrogens is 536 g/mol. The minimum absolute atomic E-state index is 0.0408. The standard InChI is InChI=1S/C35H46N6O2/c1-34(2,3)24-36-33(42)37-27-14-16-28(17-15-27)43-23-22-40-18-20-41(21-19-40)30-9-7-8-29-31(30)39-32(38-29)25-10-12-26(13-11-25)35(4,5)6/h7-17H,18-24H2,1-6H3,(H,38,39)(H2,36,37,42). The lowest BCUT2D eigenvalue weighted by molar-refractivity contribution is 0.200. The normalized spacial score (nSPS) is 14.6. The second-order valence-electron chi connectivity index (χ2n) is 13.7. The van der Waals surface area contributed by atoms with Crippen molar-refractivity contribution in [2.45, 2.75) is 47.0 Å². The van der Waals surface area contributed by atoms with Crippen molar-refractivity contribution in [3.05, 3.63) is 72.3 Å². The SMILES string of the molecule is CC(C)(C)CNC(=O)Nc1ccc(OCCN2CCN(c3cccc4[nH]c(-c5ccc(C(C)(C)C)cc5)nc34)CC2)cc1. The van der Waals surface area contributed by atoms with Crippen LogP contribution in [0.25, 0.3) is 22.4 Å². The predicted octanol–water partition coefficient (Wildman–Crippen LogP) is 6.90. The second-order valence-corrected chi connectivity index (χ2v) is 13.7. The Hall–Kier alpha value is -4.04. The van der Waals surface area contributed by atoms with Crippen LogP contribution in [0.1, 0.15) is 47.1 Å². The lowest BCUT2D eigenvalue weighted by atomic mass is 9.87. The van der Waals surface area contributed by atoms with E-state index in [0.29, 0.717) is 13.2 Å². The van der Waals surface area contributed by atoms with Gasteiger partial charge < -0.3 is 25.3 Å². The van der Waals surface area contributed by atoms with Crippen LogP contribution in [-0.4, -0.2) is 66.8 Å². The van der Waals surface area contributed by atoms with Gasteiger partial charge in [-0.2, -0.15) is 0 Å². The Morgan fingerprint density at radius 1 is 0.907 bits per heavy atom. The van der Waals surface area contributed by atoms with E-state index >= 15 is 0 Å². The Bertz CT molecular complexity index is 1510. The molecule has 1 aromatic heterocycles. The van der Waals surface area contributed by atoms with Crippen LogP contribution in [0.5, 0.6) is 5.75 Å². The van der Waals surface area contributed by atoms with Gasteiger partial charge in [0.05, 0.1) is 11.2 Å². The summed E-state index contributed by atoms with van der Waals surface area (Å²) in [6.45, 7) is 18.9. The molecule has 1 fully saturated rings. The van der Waals surface area contributed by atoms with Gasteiger partial charge in [0.15, 0.2) is 0 Å². The van der Waals surface area contributed by atoms with Gasteiger partial charge in [0.2, 0.25) is 0 Å². The largest absolute Gasteiger partial charge is 0.492 e. The number of para-hydroxylation sites is 1. The quantitative estimate of drug-likeness (QED) is 0.211. The number of hydrogen-bond donors (Lipinski definition) is 3. The number of ether oxygens (including phenoxy) is 1. The fourth-order valence-electron chi connectivity index (χ4n) is 5.20. The van der Waals surface area contributed by atoms with Crippen LogP contribution < -0.4 is 20.3 Å². The van der Waals surface area contributed by atoms with Gasteiger partial charge in [-0.3, -0.25) is 4.90 Å². The maximum absolute atomic E-state index is 12.1. The molecular formula is C35H46N6O2. The topological polar surface area (TPSA) is 85.5 Å². The van der Waals surface area contributed by atoms with E-state index in [1.807, 2.05) is 24.3 Å². The molecule has 4 aromatic rings. The number of nitrogens with one attached hydrogen (secondary N) is 3. The van der Waals surface area contributed by atoms with Crippen molar-refractivity contribution in [3.8, 4) is 17.1 Å². The summed E-state index contributed by atoms with van der Waals surface area (Å²) >= 11 is 0. The number of benzene rings is 3. The zero-order valence-electron chi connectivity index (χ0n) is 26.5. The Kier molecular flexibility index (Phi) is 8.97. The van der Waals surface area contributed by atoms with Gasteiger partial charge in [0.25, 0.3) is 0 Å². The van der Waals surface area contributed by atoms with Gasteiger partial charge in [-0.25, -0.2) is 9.78 Å². The Labute approximate surface area is 255 Å². The molecule has 1 saturated heterocycles. The highest BCUT2D eigenvalue weighted by Crippen LogP contribution is 2.30. The molecule has 2 heterocycles. The van der Waals surface area contributed by atoms with Crippen molar-refractivity contribution in [1.82, 2.24) is 20.2 Å². The van der Waals surface area contributed by atoms with Crippen molar-refractivity contribution >= 4 is 28.4 Å². The first kappa shape index (κ1) is 30.4. The number of fused-ring (bicyclic) bond motifs is 1. The highest BCUT2D eigenvalue weighted by Gasteiger charge is 2.21. The van der Waals surface area contributed by atoms with Gasteiger partial charge >= 0.3 is 6.03 Å². The lowest BCUT2D eigenvalue weighted by Crippen LogP contribution is -2.47. The number of H-pyrrole nitrogens is 1. The maximum Gasteiger partial charge on any atom is 0.319 e. The van der Waals surface area contributed by atoms with Crippen LogP contribution in [0.3, 0.4) is 0 Å². The Morgan fingerprint density at radius 3 is 2.26 bits per heavy atom. The number of carbonyl (C=O) groups excluding carboxylic acids is 1. The van der Waals surface area contributed by atoms with Crippen molar-refractivity contribution in [1.29, 1.82) is 0 Å². The first-order chi connectivity index (χ1) is 20.4. The first-order valence-corrected chi connectivity index (χ1v) is 15.3. The first-order valence-electron chi connectivity index (χ1n) is 15.3. The summed E-state index contributed by atoms with van der Waals surface area (Å²) in [6.07, 6.45) is 0. The summed E-state index contributed by atoms with van der Waals surface area (Å²) in [5.74, 6) is 1.71. The molecule has 2 amide bonds. The molecule has 8 heteroatoms. The van der Waals surface area contributed by atoms with Gasteiger partial charge in [-0.15, -0.1) is 0 Å². The predicted molar refractivity (Wildman–Crippen MR) is 177 cm³/mol. The van der Waals surface area contributed by atoms with E-state index in [-0.39, 0.29) is 16.9 Å². The number of imidazole rings is 1. The minimum atomic E-state index is -0.197. The van der Waals surface area contributed by atoms with Crippen molar-refractivity contribution in [3.63, 3.8) is 0 Å². The molecule has 0 aliphatic carbocycles. The van der Waals surface area contributed by atoms with Crippen LogP contribution >= 0.6 is 0 Å². The van der Waals surface area contributed by atoms with Gasteiger partial charge in [-0.05, 0) is 52.8 Å². The number of aromatic nitrogens is 2. The molecule has 43 heavy (non-hydrogen) atoms. The Balaban J connectivity index is 1.10. The van der Waals surface area contributed by atoms with E-state index in [1.54, 1.807) is 0 Å². The van der Waals surface area contributed by atoms with Crippen LogP contribution in [0.4, 0.5) is 16.2 Å². The summed E-state index contributed by atoms with van der Waals surface area (Å²) < 4.78 is 6.00. The van der Waals surface area contributed by atoms with Gasteiger partial charge in [0.1, 0.15) is 23.7 Å². The van der Waals surface area contributed by atoms with E-state index in [0.717, 1.165) is 66.6 Å². The van der Waals surface area contributed by atoms with E-state index in [4.69, 9.17) is 9.72 Å². The zero-order valence-corrected chi connectivity index (χ0v) is 26.5. The summed E-state index contributed by atoms with van der Waals surface area (Å²) in [5, 5.41) is 5.77. The lowest BCUT2D eigenvalue weighted by Gasteiger charge is -2.36. The molecule has 0 spiro atoms. The molecule has 3 aromatic carbocycles. The maximum atomic E-state index is 12.1. The van der Waals surface area contributed by atoms with E-state index in [2.05, 4.69) is 109 Å². The summed E-state index contributed by atoms with van der Waals surface area (Å²) in [7, 11) is 0. The third-order valence-electron chi connectivity index (χ3n) is 7.80. The summed E-state index contributed by atoms with van der Waals surface area (Å²) in [4.78, 5) is 25.6. The van der Waals surface area contributed by atoms with Crippen molar-refractivity contribution in [2.24, 2.45) is 5.41 Å². The van der Waals surface area contributed by atoms with Crippen LogP contribution in [0, 0.1) is 5.41 Å². The molecule has 8 nitrogen and oxygen atoms in total. The molecule has 0 bridgehead atoms. The van der Waals surface area contributed by atoms with Gasteiger partial charge in [-0.1, -0.05) is 71.9 Å². The third-order valence-corrected chi connectivity index (χ3v) is 7.80. The van der Waals surface area contributed by atoms with E-state index in [1.165, 1.54) is 11.3 Å². The number of nitrogens with zero attached hydrogens (tertiary/aromatic N) is 3.